The first-order valence-corrected chi connectivity index (χ1v) is 6.72. The molecule has 2 aliphatic heterocycles. The van der Waals surface area contributed by atoms with Crippen molar-refractivity contribution in [3.05, 3.63) is 12.0 Å². The number of fused-ring (bicyclic) bond motifs is 1. The van der Waals surface area contributed by atoms with Crippen LogP contribution < -0.4 is 11.5 Å². The minimum absolute atomic E-state index is 0.167. The number of nitrogens with two attached hydrogens (primary N) is 2. The zero-order chi connectivity index (χ0) is 15.4. The summed E-state index contributed by atoms with van der Waals surface area (Å²) in [4.78, 5) is 3.99. The van der Waals surface area contributed by atoms with Crippen LogP contribution in [0.15, 0.2) is 6.33 Å². The van der Waals surface area contributed by atoms with Crippen molar-refractivity contribution in [3.8, 4) is 0 Å². The molecule has 0 aromatic carbocycles. The van der Waals surface area contributed by atoms with E-state index in [1.807, 2.05) is 0 Å². The number of aliphatic hydroxyl groups excluding tert-OH is 2. The van der Waals surface area contributed by atoms with E-state index in [-0.39, 0.29) is 18.1 Å². The largest absolute Gasteiger partial charge is 0.394 e. The quantitative estimate of drug-likeness (QED) is 0.512. The fourth-order valence-corrected chi connectivity index (χ4v) is 2.85. The van der Waals surface area contributed by atoms with Gasteiger partial charge in [-0.25, -0.2) is 4.98 Å². The SMILES string of the molecule is CC1(C)O[C@@H]2[C@@H](CO)OC(n3cnc(C(N)O)c3N)[C@@H]2O1. The minimum atomic E-state index is -1.27. The first-order chi connectivity index (χ1) is 9.84. The monoisotopic (exact) mass is 300 g/mol. The third kappa shape index (κ3) is 2.31. The Morgan fingerprint density at radius 1 is 1.43 bits per heavy atom. The molecule has 6 N–H and O–H groups in total. The van der Waals surface area contributed by atoms with Gasteiger partial charge in [-0.1, -0.05) is 0 Å². The van der Waals surface area contributed by atoms with Crippen LogP contribution in [0.5, 0.6) is 0 Å². The van der Waals surface area contributed by atoms with E-state index in [1.165, 1.54) is 10.9 Å². The maximum absolute atomic E-state index is 9.43. The van der Waals surface area contributed by atoms with Crippen LogP contribution in [-0.2, 0) is 14.2 Å². The molecule has 2 saturated heterocycles. The smallest absolute Gasteiger partial charge is 0.166 e. The van der Waals surface area contributed by atoms with Crippen LogP contribution in [0.3, 0.4) is 0 Å². The molecular formula is C12H20N4O5. The topological polar surface area (TPSA) is 138 Å². The van der Waals surface area contributed by atoms with Gasteiger partial charge < -0.3 is 35.9 Å². The molecule has 118 valence electrons. The molecule has 3 heterocycles. The zero-order valence-electron chi connectivity index (χ0n) is 11.8. The maximum Gasteiger partial charge on any atom is 0.166 e. The van der Waals surface area contributed by atoms with E-state index in [0.29, 0.717) is 0 Å². The van der Waals surface area contributed by atoms with Gasteiger partial charge in [-0.05, 0) is 13.8 Å². The van der Waals surface area contributed by atoms with Crippen molar-refractivity contribution in [3.63, 3.8) is 0 Å². The molecule has 3 rings (SSSR count). The van der Waals surface area contributed by atoms with Gasteiger partial charge in [-0.15, -0.1) is 0 Å². The van der Waals surface area contributed by atoms with Crippen molar-refractivity contribution in [2.45, 2.75) is 50.4 Å². The number of hydrogen-bond donors (Lipinski definition) is 4. The van der Waals surface area contributed by atoms with Crippen LogP contribution in [0.2, 0.25) is 0 Å². The number of aliphatic hydroxyl groups is 2. The predicted molar refractivity (Wildman–Crippen MR) is 70.6 cm³/mol. The van der Waals surface area contributed by atoms with Gasteiger partial charge >= 0.3 is 0 Å². The first-order valence-electron chi connectivity index (χ1n) is 6.72. The number of ether oxygens (including phenoxy) is 3. The highest BCUT2D eigenvalue weighted by atomic mass is 16.8. The summed E-state index contributed by atoms with van der Waals surface area (Å²) < 4.78 is 18.9. The fourth-order valence-electron chi connectivity index (χ4n) is 2.85. The van der Waals surface area contributed by atoms with Gasteiger partial charge in [0.1, 0.15) is 36.1 Å². The molecule has 0 radical (unpaired) electrons. The maximum atomic E-state index is 9.43. The Morgan fingerprint density at radius 2 is 2.10 bits per heavy atom. The second-order valence-electron chi connectivity index (χ2n) is 5.68. The summed E-state index contributed by atoms with van der Waals surface area (Å²) in [6.07, 6.45) is -1.80. The third-order valence-corrected chi connectivity index (χ3v) is 3.72. The van der Waals surface area contributed by atoms with Gasteiger partial charge in [0.15, 0.2) is 12.0 Å². The summed E-state index contributed by atoms with van der Waals surface area (Å²) in [5.74, 6) is -0.572. The van der Waals surface area contributed by atoms with Gasteiger partial charge in [0.25, 0.3) is 0 Å². The van der Waals surface area contributed by atoms with Crippen LogP contribution >= 0.6 is 0 Å². The van der Waals surface area contributed by atoms with Gasteiger partial charge in [-0.3, -0.25) is 4.57 Å². The lowest BCUT2D eigenvalue weighted by Crippen LogP contribution is -2.31. The molecule has 2 fully saturated rings. The van der Waals surface area contributed by atoms with E-state index in [4.69, 9.17) is 25.7 Å². The van der Waals surface area contributed by atoms with Gasteiger partial charge in [-0.2, -0.15) is 0 Å². The number of hydrogen-bond acceptors (Lipinski definition) is 8. The Kier molecular flexibility index (Phi) is 3.43. The van der Waals surface area contributed by atoms with Crippen LogP contribution in [0.25, 0.3) is 0 Å². The Morgan fingerprint density at radius 3 is 2.67 bits per heavy atom. The molecule has 1 aromatic heterocycles. The molecule has 0 spiro atoms. The highest BCUT2D eigenvalue weighted by molar-refractivity contribution is 5.37. The Balaban J connectivity index is 1.92. The normalized spacial score (nSPS) is 35.9. The van der Waals surface area contributed by atoms with Crippen LogP contribution in [0, 0.1) is 0 Å². The molecule has 2 aliphatic rings. The van der Waals surface area contributed by atoms with E-state index < -0.39 is 36.6 Å². The number of nitrogen functional groups attached to an aromatic ring is 1. The van der Waals surface area contributed by atoms with Gasteiger partial charge in [0.05, 0.1) is 12.9 Å². The van der Waals surface area contributed by atoms with Crippen molar-refractivity contribution >= 4 is 5.82 Å². The van der Waals surface area contributed by atoms with Crippen molar-refractivity contribution in [1.29, 1.82) is 0 Å². The molecular weight excluding hydrogens is 280 g/mol. The van der Waals surface area contributed by atoms with Gasteiger partial charge in [0, 0.05) is 0 Å². The van der Waals surface area contributed by atoms with E-state index in [0.717, 1.165) is 0 Å². The van der Waals surface area contributed by atoms with Crippen molar-refractivity contribution in [1.82, 2.24) is 9.55 Å². The number of nitrogens with zero attached hydrogens (tertiary/aromatic N) is 2. The lowest BCUT2D eigenvalue weighted by Gasteiger charge is -2.24. The molecule has 9 nitrogen and oxygen atoms in total. The van der Waals surface area contributed by atoms with Crippen LogP contribution in [0.4, 0.5) is 5.82 Å². The summed E-state index contributed by atoms with van der Waals surface area (Å²) in [7, 11) is 0. The second-order valence-corrected chi connectivity index (χ2v) is 5.68. The summed E-state index contributed by atoms with van der Waals surface area (Å²) in [5, 5.41) is 18.8. The minimum Gasteiger partial charge on any atom is -0.394 e. The average Bonchev–Trinajstić information content (AvgIpc) is 3.00. The highest BCUT2D eigenvalue weighted by Crippen LogP contribution is 2.43. The molecule has 1 aromatic rings. The summed E-state index contributed by atoms with van der Waals surface area (Å²) in [5.41, 5.74) is 11.5. The van der Waals surface area contributed by atoms with Crippen LogP contribution in [0.1, 0.15) is 32.0 Å². The second kappa shape index (κ2) is 4.90. The molecule has 9 heteroatoms. The van der Waals surface area contributed by atoms with Crippen molar-refractivity contribution in [2.75, 3.05) is 12.3 Å². The lowest BCUT2D eigenvalue weighted by molar-refractivity contribution is -0.199. The van der Waals surface area contributed by atoms with Gasteiger partial charge in [0.2, 0.25) is 0 Å². The van der Waals surface area contributed by atoms with E-state index in [9.17, 15) is 10.2 Å². The van der Waals surface area contributed by atoms with Crippen molar-refractivity contribution < 1.29 is 24.4 Å². The number of aromatic nitrogens is 2. The van der Waals surface area contributed by atoms with E-state index >= 15 is 0 Å². The molecule has 2 unspecified atom stereocenters. The standard InChI is InChI=1S/C12H20N4O5/c1-12(2)20-7-5(3-17)19-11(8(7)21-12)16-4-15-6(9(16)13)10(14)18/h4-5,7-8,10-11,17-18H,3,13-14H2,1-2H3/t5-,7-,8-,10?,11?/m1/s1. The Bertz CT molecular complexity index is 532. The lowest BCUT2D eigenvalue weighted by atomic mass is 10.1. The fraction of sp³-hybridized carbons (Fsp3) is 0.750. The summed E-state index contributed by atoms with van der Waals surface area (Å²) in [6.45, 7) is 3.39. The predicted octanol–water partition coefficient (Wildman–Crippen LogP) is -1.18. The molecule has 0 bridgehead atoms. The van der Waals surface area contributed by atoms with Crippen molar-refractivity contribution in [2.24, 2.45) is 5.73 Å². The zero-order valence-corrected chi connectivity index (χ0v) is 11.8. The molecule has 21 heavy (non-hydrogen) atoms. The third-order valence-electron chi connectivity index (χ3n) is 3.72. The van der Waals surface area contributed by atoms with E-state index in [2.05, 4.69) is 4.98 Å². The highest BCUT2D eigenvalue weighted by Gasteiger charge is 2.56. The summed E-state index contributed by atoms with van der Waals surface area (Å²) in [6, 6.07) is 0. The average molecular weight is 300 g/mol. The molecule has 5 atom stereocenters. The Labute approximate surface area is 121 Å². The first kappa shape index (κ1) is 14.7. The van der Waals surface area contributed by atoms with E-state index in [1.54, 1.807) is 13.8 Å². The molecule has 0 amide bonds. The number of rotatable bonds is 3. The summed E-state index contributed by atoms with van der Waals surface area (Å²) >= 11 is 0. The van der Waals surface area contributed by atoms with Crippen LogP contribution in [-0.4, -0.2) is 50.5 Å². The number of imidazole rings is 1. The number of anilines is 1. The molecule has 0 aliphatic carbocycles. The Hall–Kier alpha value is -1.23. The molecule has 0 saturated carbocycles.